The molecule has 0 aliphatic carbocycles. The lowest BCUT2D eigenvalue weighted by atomic mass is 10.1. The summed E-state index contributed by atoms with van der Waals surface area (Å²) in [6, 6.07) is 17.1. The van der Waals surface area contributed by atoms with Gasteiger partial charge in [-0.15, -0.1) is 0 Å². The van der Waals surface area contributed by atoms with E-state index in [9.17, 15) is 4.79 Å². The summed E-state index contributed by atoms with van der Waals surface area (Å²) in [4.78, 5) is 14.9. The summed E-state index contributed by atoms with van der Waals surface area (Å²) in [6.45, 7) is 2.85. The first-order valence-corrected chi connectivity index (χ1v) is 10.5. The highest BCUT2D eigenvalue weighted by Crippen LogP contribution is 2.30. The molecule has 4 nitrogen and oxygen atoms in total. The number of hydrogen-bond acceptors (Lipinski definition) is 4. The Morgan fingerprint density at radius 3 is 2.92 bits per heavy atom. The summed E-state index contributed by atoms with van der Waals surface area (Å²) in [5, 5.41) is 6.57. The van der Waals surface area contributed by atoms with Crippen LogP contribution in [0.15, 0.2) is 48.5 Å². The van der Waals surface area contributed by atoms with Crippen molar-refractivity contribution >= 4 is 29.0 Å². The fourth-order valence-electron chi connectivity index (χ4n) is 3.73. The number of carbonyl (C=O) groups is 1. The Balaban J connectivity index is 1.43. The lowest BCUT2D eigenvalue weighted by Crippen LogP contribution is -2.40. The van der Waals surface area contributed by atoms with Gasteiger partial charge in [-0.3, -0.25) is 4.79 Å². The van der Waals surface area contributed by atoms with Gasteiger partial charge in [0.25, 0.3) is 0 Å². The van der Waals surface area contributed by atoms with Gasteiger partial charge in [0.1, 0.15) is 0 Å². The maximum absolute atomic E-state index is 12.5. The van der Waals surface area contributed by atoms with E-state index in [1.54, 1.807) is 0 Å². The van der Waals surface area contributed by atoms with Crippen LogP contribution in [0.1, 0.15) is 17.5 Å². The van der Waals surface area contributed by atoms with E-state index < -0.39 is 0 Å². The van der Waals surface area contributed by atoms with Gasteiger partial charge in [0.15, 0.2) is 0 Å². The summed E-state index contributed by atoms with van der Waals surface area (Å²) >= 11 is 1.92. The van der Waals surface area contributed by atoms with Gasteiger partial charge in [-0.2, -0.15) is 11.8 Å². The van der Waals surface area contributed by atoms with Crippen LogP contribution in [0.25, 0.3) is 0 Å². The van der Waals surface area contributed by atoms with Crippen molar-refractivity contribution in [1.29, 1.82) is 0 Å². The van der Waals surface area contributed by atoms with E-state index in [1.165, 1.54) is 16.8 Å². The van der Waals surface area contributed by atoms with Gasteiger partial charge in [0.05, 0.1) is 0 Å². The minimum atomic E-state index is 0.0965. The zero-order valence-electron chi connectivity index (χ0n) is 14.9. The standard InChI is InChI=1S/C21H25N3OS/c25-21(13-18-15-26-12-10-22-18)23-19-7-3-1-6-17(19)14-24-11-9-16-5-2-4-8-20(16)24/h1-8,18,22H,9-15H2,(H,23,25). The molecule has 5 heteroatoms. The topological polar surface area (TPSA) is 44.4 Å². The molecular weight excluding hydrogens is 342 g/mol. The van der Waals surface area contributed by atoms with E-state index in [2.05, 4.69) is 45.9 Å². The molecule has 0 saturated carbocycles. The van der Waals surface area contributed by atoms with Crippen molar-refractivity contribution in [2.24, 2.45) is 0 Å². The number of para-hydroxylation sites is 2. The van der Waals surface area contributed by atoms with E-state index in [4.69, 9.17) is 0 Å². The molecule has 1 fully saturated rings. The smallest absolute Gasteiger partial charge is 0.225 e. The van der Waals surface area contributed by atoms with E-state index in [-0.39, 0.29) is 11.9 Å². The molecule has 0 bridgehead atoms. The van der Waals surface area contributed by atoms with Crippen LogP contribution in [0, 0.1) is 0 Å². The van der Waals surface area contributed by atoms with Gasteiger partial charge >= 0.3 is 0 Å². The van der Waals surface area contributed by atoms with Gasteiger partial charge in [-0.25, -0.2) is 0 Å². The number of rotatable bonds is 5. The predicted molar refractivity (Wildman–Crippen MR) is 110 cm³/mol. The molecular formula is C21H25N3OS. The van der Waals surface area contributed by atoms with Crippen LogP contribution in [-0.2, 0) is 17.8 Å². The Labute approximate surface area is 159 Å². The Morgan fingerprint density at radius 2 is 2.04 bits per heavy atom. The van der Waals surface area contributed by atoms with Gasteiger partial charge < -0.3 is 15.5 Å². The SMILES string of the molecule is O=C(CC1CSCCN1)Nc1ccccc1CN1CCc2ccccc21. The zero-order valence-corrected chi connectivity index (χ0v) is 15.7. The number of benzene rings is 2. The van der Waals surface area contributed by atoms with Crippen molar-refractivity contribution in [2.75, 3.05) is 34.8 Å². The van der Waals surface area contributed by atoms with Crippen LogP contribution in [0.5, 0.6) is 0 Å². The molecule has 1 saturated heterocycles. The first kappa shape index (κ1) is 17.4. The molecule has 136 valence electrons. The summed E-state index contributed by atoms with van der Waals surface area (Å²) in [5.41, 5.74) is 4.83. The Bertz CT molecular complexity index is 773. The first-order valence-electron chi connectivity index (χ1n) is 9.31. The van der Waals surface area contributed by atoms with Gasteiger partial charge in [-0.05, 0) is 29.7 Å². The number of carbonyl (C=O) groups excluding carboxylic acids is 1. The van der Waals surface area contributed by atoms with Gasteiger partial charge in [-0.1, -0.05) is 36.4 Å². The highest BCUT2D eigenvalue weighted by atomic mass is 32.2. The third-order valence-corrected chi connectivity index (χ3v) is 6.20. The Kier molecular flexibility index (Phi) is 5.46. The number of fused-ring (bicyclic) bond motifs is 1. The summed E-state index contributed by atoms with van der Waals surface area (Å²) in [7, 11) is 0. The quantitative estimate of drug-likeness (QED) is 0.851. The molecule has 0 spiro atoms. The molecule has 2 aromatic rings. The Hall–Kier alpha value is -1.98. The maximum Gasteiger partial charge on any atom is 0.225 e. The molecule has 0 radical (unpaired) electrons. The predicted octanol–water partition coefficient (Wildman–Crippen LogP) is 3.28. The van der Waals surface area contributed by atoms with E-state index >= 15 is 0 Å². The van der Waals surface area contributed by atoms with Crippen LogP contribution >= 0.6 is 11.8 Å². The van der Waals surface area contributed by atoms with Crippen molar-refractivity contribution in [1.82, 2.24) is 5.32 Å². The van der Waals surface area contributed by atoms with Crippen LogP contribution in [-0.4, -0.2) is 36.5 Å². The highest BCUT2D eigenvalue weighted by Gasteiger charge is 2.20. The number of anilines is 2. The summed E-state index contributed by atoms with van der Waals surface area (Å²) in [5.74, 6) is 2.25. The molecule has 2 N–H and O–H groups in total. The summed E-state index contributed by atoms with van der Waals surface area (Å²) in [6.07, 6.45) is 1.63. The second-order valence-electron chi connectivity index (χ2n) is 6.94. The molecule has 2 aliphatic rings. The number of amides is 1. The van der Waals surface area contributed by atoms with Crippen LogP contribution in [0.3, 0.4) is 0 Å². The molecule has 0 aromatic heterocycles. The van der Waals surface area contributed by atoms with Crippen LogP contribution in [0.4, 0.5) is 11.4 Å². The second kappa shape index (κ2) is 8.14. The van der Waals surface area contributed by atoms with E-state index in [1.807, 2.05) is 30.0 Å². The first-order chi connectivity index (χ1) is 12.8. The minimum Gasteiger partial charge on any atom is -0.367 e. The monoisotopic (exact) mass is 367 g/mol. The van der Waals surface area contributed by atoms with E-state index in [0.29, 0.717) is 6.42 Å². The van der Waals surface area contributed by atoms with Crippen molar-refractivity contribution in [2.45, 2.75) is 25.4 Å². The molecule has 2 aliphatic heterocycles. The van der Waals surface area contributed by atoms with Crippen molar-refractivity contribution < 1.29 is 4.79 Å². The van der Waals surface area contributed by atoms with Gasteiger partial charge in [0, 0.05) is 55.0 Å². The number of nitrogens with zero attached hydrogens (tertiary/aromatic N) is 1. The Morgan fingerprint density at radius 1 is 1.19 bits per heavy atom. The van der Waals surface area contributed by atoms with Crippen molar-refractivity contribution in [3.63, 3.8) is 0 Å². The van der Waals surface area contributed by atoms with E-state index in [0.717, 1.165) is 43.2 Å². The zero-order chi connectivity index (χ0) is 17.8. The number of thioether (sulfide) groups is 1. The molecule has 1 atom stereocenters. The molecule has 1 amide bonds. The minimum absolute atomic E-state index is 0.0965. The average molecular weight is 368 g/mol. The number of nitrogens with one attached hydrogen (secondary N) is 2. The highest BCUT2D eigenvalue weighted by molar-refractivity contribution is 7.99. The third kappa shape index (κ3) is 4.05. The lowest BCUT2D eigenvalue weighted by molar-refractivity contribution is -0.116. The second-order valence-corrected chi connectivity index (χ2v) is 8.09. The summed E-state index contributed by atoms with van der Waals surface area (Å²) < 4.78 is 0. The van der Waals surface area contributed by atoms with Crippen molar-refractivity contribution in [3.8, 4) is 0 Å². The number of hydrogen-bond donors (Lipinski definition) is 2. The maximum atomic E-state index is 12.5. The molecule has 2 aromatic carbocycles. The lowest BCUT2D eigenvalue weighted by Gasteiger charge is -2.24. The largest absolute Gasteiger partial charge is 0.367 e. The molecule has 1 unspecified atom stereocenters. The molecule has 4 rings (SSSR count). The van der Waals surface area contributed by atoms with Crippen LogP contribution in [0.2, 0.25) is 0 Å². The fraction of sp³-hybridized carbons (Fsp3) is 0.381. The average Bonchev–Trinajstić information content (AvgIpc) is 3.07. The molecule has 26 heavy (non-hydrogen) atoms. The molecule has 2 heterocycles. The third-order valence-electron chi connectivity index (χ3n) is 5.07. The van der Waals surface area contributed by atoms with Gasteiger partial charge in [0.2, 0.25) is 5.91 Å². The fourth-order valence-corrected chi connectivity index (χ4v) is 4.68. The van der Waals surface area contributed by atoms with Crippen molar-refractivity contribution in [3.05, 3.63) is 59.7 Å². The van der Waals surface area contributed by atoms with Crippen LogP contribution < -0.4 is 15.5 Å². The normalized spacial score (nSPS) is 19.2.